The van der Waals surface area contributed by atoms with E-state index in [1.54, 1.807) is 18.2 Å². The number of non-ortho nitro benzene ring substituents is 1. The average molecular weight is 472 g/mol. The Morgan fingerprint density at radius 1 is 1.29 bits per heavy atom. The first-order valence-electron chi connectivity index (χ1n) is 9.01. The number of nitro groups is 1. The second-order valence-electron chi connectivity index (χ2n) is 6.38. The van der Waals surface area contributed by atoms with Crippen molar-refractivity contribution in [2.24, 2.45) is 0 Å². The molecule has 2 aromatic carbocycles. The van der Waals surface area contributed by atoms with Gasteiger partial charge in [0.1, 0.15) is 23.8 Å². The first-order chi connectivity index (χ1) is 14.6. The number of hydrogen-bond acceptors (Lipinski definition) is 7. The third-order valence-electron chi connectivity index (χ3n) is 4.11. The minimum absolute atomic E-state index is 0.0734. The Morgan fingerprint density at radius 2 is 2.00 bits per heavy atom. The maximum atomic E-state index is 13.6. The summed E-state index contributed by atoms with van der Waals surface area (Å²) >= 11 is 1.41. The molecule has 0 heterocycles. The number of thioether (sulfide) groups is 1. The highest BCUT2D eigenvalue weighted by Crippen LogP contribution is 2.33. The number of ether oxygens (including phenoxy) is 1. The van der Waals surface area contributed by atoms with Crippen LogP contribution < -0.4 is 14.4 Å². The van der Waals surface area contributed by atoms with Gasteiger partial charge in [0.05, 0.1) is 18.3 Å². The van der Waals surface area contributed by atoms with Crippen molar-refractivity contribution in [3.8, 4) is 5.75 Å². The highest BCUT2D eigenvalue weighted by molar-refractivity contribution is 7.98. The number of sulfonamides is 1. The van der Waals surface area contributed by atoms with Gasteiger partial charge in [0, 0.05) is 30.2 Å². The number of nitro benzene ring substituents is 1. The van der Waals surface area contributed by atoms with Gasteiger partial charge in [-0.05, 0) is 17.7 Å². The molecule has 0 aromatic heterocycles. The molecule has 0 radical (unpaired) electrons. The van der Waals surface area contributed by atoms with Crippen molar-refractivity contribution in [3.63, 3.8) is 0 Å². The normalized spacial score (nSPS) is 11.1. The summed E-state index contributed by atoms with van der Waals surface area (Å²) in [5.74, 6) is 0.102. The van der Waals surface area contributed by atoms with E-state index in [4.69, 9.17) is 4.74 Å². The molecular formula is C19H22FN3O6S2. The Morgan fingerprint density at radius 3 is 2.61 bits per heavy atom. The molecule has 0 saturated carbocycles. The van der Waals surface area contributed by atoms with Crippen LogP contribution >= 0.6 is 11.8 Å². The van der Waals surface area contributed by atoms with Gasteiger partial charge in [0.2, 0.25) is 15.9 Å². The monoisotopic (exact) mass is 471 g/mol. The van der Waals surface area contributed by atoms with Crippen LogP contribution in [0.25, 0.3) is 0 Å². The highest BCUT2D eigenvalue weighted by atomic mass is 32.2. The molecule has 31 heavy (non-hydrogen) atoms. The van der Waals surface area contributed by atoms with E-state index >= 15 is 0 Å². The number of halogens is 1. The second kappa shape index (κ2) is 11.0. The molecule has 1 amide bonds. The zero-order valence-corrected chi connectivity index (χ0v) is 18.5. The molecule has 0 fully saturated rings. The van der Waals surface area contributed by atoms with Crippen molar-refractivity contribution < 1.29 is 27.3 Å². The van der Waals surface area contributed by atoms with Crippen LogP contribution in [0.2, 0.25) is 0 Å². The summed E-state index contributed by atoms with van der Waals surface area (Å²) in [7, 11) is -2.65. The van der Waals surface area contributed by atoms with E-state index in [1.165, 1.54) is 37.1 Å². The molecule has 2 rings (SSSR count). The second-order valence-corrected chi connectivity index (χ2v) is 9.39. The van der Waals surface area contributed by atoms with Crippen LogP contribution in [0, 0.1) is 15.9 Å². The number of carbonyl (C=O) groups is 1. The summed E-state index contributed by atoms with van der Waals surface area (Å²) in [6.07, 6.45) is 0.892. The van der Waals surface area contributed by atoms with Crippen LogP contribution in [0.5, 0.6) is 5.75 Å². The van der Waals surface area contributed by atoms with Crippen LogP contribution in [0.1, 0.15) is 5.56 Å². The minimum Gasteiger partial charge on any atom is -0.495 e. The first-order valence-corrected chi connectivity index (χ1v) is 12.0. The molecule has 2 aromatic rings. The summed E-state index contributed by atoms with van der Waals surface area (Å²) in [4.78, 5) is 22.7. The summed E-state index contributed by atoms with van der Waals surface area (Å²) in [6.45, 7) is -0.337. The minimum atomic E-state index is -3.94. The molecule has 0 spiro atoms. The summed E-state index contributed by atoms with van der Waals surface area (Å²) < 4.78 is 44.0. The molecule has 0 unspecified atom stereocenters. The maximum Gasteiger partial charge on any atom is 0.271 e. The van der Waals surface area contributed by atoms with Gasteiger partial charge in [-0.15, -0.1) is 0 Å². The van der Waals surface area contributed by atoms with E-state index in [-0.39, 0.29) is 29.5 Å². The molecule has 168 valence electrons. The molecule has 0 aliphatic carbocycles. The van der Waals surface area contributed by atoms with Crippen LogP contribution in [0.15, 0.2) is 42.5 Å². The Bertz CT molecular complexity index is 1050. The van der Waals surface area contributed by atoms with E-state index in [0.29, 0.717) is 17.1 Å². The zero-order valence-electron chi connectivity index (χ0n) is 16.9. The fraction of sp³-hybridized carbons (Fsp3) is 0.316. The number of rotatable bonds is 11. The Hall–Kier alpha value is -2.86. The van der Waals surface area contributed by atoms with Gasteiger partial charge in [-0.3, -0.25) is 19.2 Å². The Kier molecular flexibility index (Phi) is 8.63. The molecule has 1 N–H and O–H groups in total. The predicted octanol–water partition coefficient (Wildman–Crippen LogP) is 2.56. The largest absolute Gasteiger partial charge is 0.495 e. The first kappa shape index (κ1) is 24.4. The van der Waals surface area contributed by atoms with Gasteiger partial charge in [-0.2, -0.15) is 11.8 Å². The fourth-order valence-corrected chi connectivity index (χ4v) is 4.31. The van der Waals surface area contributed by atoms with Gasteiger partial charge in [-0.1, -0.05) is 18.2 Å². The number of nitrogens with one attached hydrogen (secondary N) is 1. The van der Waals surface area contributed by atoms with E-state index in [1.807, 2.05) is 0 Å². The molecule has 0 aliphatic rings. The zero-order chi connectivity index (χ0) is 23.0. The number of methoxy groups -OCH3 is 1. The van der Waals surface area contributed by atoms with Crippen molar-refractivity contribution >= 4 is 39.1 Å². The molecule has 12 heteroatoms. The molecule has 0 bridgehead atoms. The summed E-state index contributed by atoms with van der Waals surface area (Å²) in [6, 6.07) is 9.88. The van der Waals surface area contributed by atoms with Crippen molar-refractivity contribution in [2.75, 3.05) is 36.5 Å². The third-order valence-corrected chi connectivity index (χ3v) is 6.25. The van der Waals surface area contributed by atoms with E-state index in [9.17, 15) is 27.7 Å². The van der Waals surface area contributed by atoms with Crippen LogP contribution in [-0.2, 0) is 20.6 Å². The highest BCUT2D eigenvalue weighted by Gasteiger charge is 2.26. The molecule has 0 aliphatic heterocycles. The SMILES string of the molecule is COc1ccc([N+](=O)[O-])cc1N(CC(=O)NCCSCc1ccccc1F)S(C)(=O)=O. The number of anilines is 1. The number of nitrogens with zero attached hydrogens (tertiary/aromatic N) is 2. The lowest BCUT2D eigenvalue weighted by Gasteiger charge is -2.23. The number of benzene rings is 2. The molecule has 0 atom stereocenters. The van der Waals surface area contributed by atoms with Crippen molar-refractivity contribution in [1.82, 2.24) is 5.32 Å². The van der Waals surface area contributed by atoms with Crippen molar-refractivity contribution in [3.05, 3.63) is 64.0 Å². The van der Waals surface area contributed by atoms with Gasteiger partial charge >= 0.3 is 0 Å². The van der Waals surface area contributed by atoms with Gasteiger partial charge in [-0.25, -0.2) is 12.8 Å². The lowest BCUT2D eigenvalue weighted by atomic mass is 10.2. The molecular weight excluding hydrogens is 449 g/mol. The van der Waals surface area contributed by atoms with Crippen LogP contribution in [0.4, 0.5) is 15.8 Å². The van der Waals surface area contributed by atoms with Gasteiger partial charge < -0.3 is 10.1 Å². The molecule has 9 nitrogen and oxygen atoms in total. The topological polar surface area (TPSA) is 119 Å². The van der Waals surface area contributed by atoms with Gasteiger partial charge in [0.25, 0.3) is 5.69 Å². The van der Waals surface area contributed by atoms with E-state index in [0.717, 1.165) is 16.6 Å². The van der Waals surface area contributed by atoms with Crippen molar-refractivity contribution in [1.29, 1.82) is 0 Å². The van der Waals surface area contributed by atoms with Gasteiger partial charge in [0.15, 0.2) is 0 Å². The smallest absolute Gasteiger partial charge is 0.271 e. The van der Waals surface area contributed by atoms with Crippen LogP contribution in [-0.4, -0.2) is 51.5 Å². The number of carbonyl (C=O) groups excluding carboxylic acids is 1. The summed E-state index contributed by atoms with van der Waals surface area (Å²) in [5, 5.41) is 13.7. The lowest BCUT2D eigenvalue weighted by molar-refractivity contribution is -0.384. The number of hydrogen-bond donors (Lipinski definition) is 1. The number of amides is 1. The van der Waals surface area contributed by atoms with Crippen LogP contribution in [0.3, 0.4) is 0 Å². The molecule has 0 saturated heterocycles. The maximum absolute atomic E-state index is 13.6. The Balaban J connectivity index is 2.00. The quantitative estimate of drug-likeness (QED) is 0.304. The third kappa shape index (κ3) is 7.10. The fourth-order valence-electron chi connectivity index (χ4n) is 2.61. The predicted molar refractivity (Wildman–Crippen MR) is 117 cm³/mol. The summed E-state index contributed by atoms with van der Waals surface area (Å²) in [5.41, 5.74) is 0.109. The Labute approximate surface area is 183 Å². The average Bonchev–Trinajstić information content (AvgIpc) is 2.71. The van der Waals surface area contributed by atoms with Crippen molar-refractivity contribution in [2.45, 2.75) is 5.75 Å². The lowest BCUT2D eigenvalue weighted by Crippen LogP contribution is -2.41. The van der Waals surface area contributed by atoms with E-state index < -0.39 is 27.4 Å². The van der Waals surface area contributed by atoms with E-state index in [2.05, 4.69) is 5.32 Å². The standard InChI is InChI=1S/C19H22FN3O6S2/c1-29-18-8-7-15(23(25)26)11-17(18)22(31(2,27)28)12-19(24)21-9-10-30-13-14-5-3-4-6-16(14)20/h3-8,11H,9-10,12-13H2,1-2H3,(H,21,24).